The number of aliphatic imine (C=N–C) groups is 1. The van der Waals surface area contributed by atoms with Crippen LogP contribution in [0.3, 0.4) is 0 Å². The Hall–Kier alpha value is -1.62. The molecule has 0 saturated carbocycles. The number of aliphatic hydroxyl groups excluding tert-OH is 1. The number of nitrogens with one attached hydrogen (secondary N) is 1. The van der Waals surface area contributed by atoms with Crippen LogP contribution in [0.2, 0.25) is 0 Å². The molecule has 4 N–H and O–H groups in total. The first kappa shape index (κ1) is 18.4. The van der Waals surface area contributed by atoms with Crippen molar-refractivity contribution in [3.05, 3.63) is 35.1 Å². The molecule has 124 valence electrons. The molecule has 22 heavy (non-hydrogen) atoms. The van der Waals surface area contributed by atoms with Crippen LogP contribution in [0.1, 0.15) is 51.2 Å². The molecule has 0 radical (unpaired) electrons. The Labute approximate surface area is 132 Å². The van der Waals surface area contributed by atoms with Crippen LogP contribution < -0.4 is 11.1 Å². The molecule has 1 aromatic rings. The highest BCUT2D eigenvalue weighted by molar-refractivity contribution is 5.78. The molecule has 0 amide bonds. The molecule has 0 bridgehead atoms. The van der Waals surface area contributed by atoms with Crippen molar-refractivity contribution >= 4 is 5.96 Å². The van der Waals surface area contributed by atoms with E-state index in [0.717, 1.165) is 24.3 Å². The van der Waals surface area contributed by atoms with Gasteiger partial charge < -0.3 is 16.2 Å². The van der Waals surface area contributed by atoms with Crippen molar-refractivity contribution in [2.75, 3.05) is 0 Å². The second-order valence-electron chi connectivity index (χ2n) is 6.16. The van der Waals surface area contributed by atoms with Crippen molar-refractivity contribution in [3.8, 4) is 0 Å². The van der Waals surface area contributed by atoms with E-state index in [0.29, 0.717) is 12.5 Å². The van der Waals surface area contributed by atoms with E-state index in [1.165, 1.54) is 12.5 Å². The van der Waals surface area contributed by atoms with Gasteiger partial charge in [-0.25, -0.2) is 9.38 Å². The van der Waals surface area contributed by atoms with Crippen LogP contribution in [0.5, 0.6) is 0 Å². The predicted octanol–water partition coefficient (Wildman–Crippen LogP) is 2.94. The molecule has 5 heteroatoms. The molecule has 0 aliphatic carbocycles. The minimum absolute atomic E-state index is 0.279. The molecule has 0 heterocycles. The Morgan fingerprint density at radius 1 is 1.32 bits per heavy atom. The maximum atomic E-state index is 13.3. The Morgan fingerprint density at radius 2 is 2.05 bits per heavy atom. The van der Waals surface area contributed by atoms with Crippen LogP contribution in [0.4, 0.5) is 4.39 Å². The molecule has 4 nitrogen and oxygen atoms in total. The van der Waals surface area contributed by atoms with Gasteiger partial charge in [0.05, 0.1) is 13.2 Å². The van der Waals surface area contributed by atoms with Gasteiger partial charge in [0.25, 0.3) is 0 Å². The molecule has 1 atom stereocenters. The first-order valence-corrected chi connectivity index (χ1v) is 7.87. The summed E-state index contributed by atoms with van der Waals surface area (Å²) in [5.41, 5.74) is 6.97. The van der Waals surface area contributed by atoms with Gasteiger partial charge >= 0.3 is 0 Å². The molecular weight excluding hydrogens is 281 g/mol. The molecule has 1 rings (SSSR count). The summed E-state index contributed by atoms with van der Waals surface area (Å²) in [5, 5.41) is 12.2. The number of nitrogens with zero attached hydrogens (tertiary/aromatic N) is 1. The van der Waals surface area contributed by atoms with Crippen molar-refractivity contribution < 1.29 is 9.50 Å². The zero-order valence-corrected chi connectivity index (χ0v) is 13.8. The number of benzene rings is 1. The Bertz CT molecular complexity index is 489. The number of hydrogen-bond acceptors (Lipinski definition) is 2. The standard InChI is InChI=1S/C17H28FN3O/c1-12(2)5-4-6-13(3)21-17(19)20-10-14-7-8-16(18)15(9-14)11-22/h7-9,12-13,22H,4-6,10-11H2,1-3H3,(H3,19,20,21). The third-order valence-corrected chi connectivity index (χ3v) is 3.53. The lowest BCUT2D eigenvalue weighted by molar-refractivity contribution is 0.275. The molecule has 0 aliphatic heterocycles. The van der Waals surface area contributed by atoms with E-state index in [1.54, 1.807) is 12.1 Å². The van der Waals surface area contributed by atoms with Gasteiger partial charge in [0.1, 0.15) is 5.82 Å². The quantitative estimate of drug-likeness (QED) is 0.511. The molecule has 0 saturated heterocycles. The molecular formula is C17H28FN3O. The second-order valence-corrected chi connectivity index (χ2v) is 6.16. The normalized spacial score (nSPS) is 13.5. The lowest BCUT2D eigenvalue weighted by Crippen LogP contribution is -2.38. The summed E-state index contributed by atoms with van der Waals surface area (Å²) in [6.07, 6.45) is 3.43. The van der Waals surface area contributed by atoms with E-state index < -0.39 is 5.82 Å². The highest BCUT2D eigenvalue weighted by Gasteiger charge is 2.05. The molecule has 1 aromatic carbocycles. The zero-order valence-electron chi connectivity index (χ0n) is 13.8. The topological polar surface area (TPSA) is 70.6 Å². The number of aliphatic hydroxyl groups is 1. The summed E-state index contributed by atoms with van der Waals surface area (Å²) in [4.78, 5) is 4.26. The lowest BCUT2D eigenvalue weighted by Gasteiger charge is -2.15. The lowest BCUT2D eigenvalue weighted by atomic mass is 10.0. The van der Waals surface area contributed by atoms with E-state index in [-0.39, 0.29) is 18.2 Å². The third kappa shape index (κ3) is 6.89. The van der Waals surface area contributed by atoms with E-state index in [1.807, 2.05) is 0 Å². The molecule has 0 aromatic heterocycles. The smallest absolute Gasteiger partial charge is 0.189 e. The average molecular weight is 309 g/mol. The summed E-state index contributed by atoms with van der Waals surface area (Å²) < 4.78 is 13.3. The Kier molecular flexibility index (Phi) is 7.88. The maximum Gasteiger partial charge on any atom is 0.189 e. The minimum atomic E-state index is -0.403. The van der Waals surface area contributed by atoms with Crippen LogP contribution in [0, 0.1) is 11.7 Å². The van der Waals surface area contributed by atoms with Gasteiger partial charge in [-0.1, -0.05) is 32.8 Å². The summed E-state index contributed by atoms with van der Waals surface area (Å²) in [6, 6.07) is 4.88. The fraction of sp³-hybridized carbons (Fsp3) is 0.588. The highest BCUT2D eigenvalue weighted by atomic mass is 19.1. The number of halogens is 1. The summed E-state index contributed by atoms with van der Waals surface area (Å²) in [7, 11) is 0. The van der Waals surface area contributed by atoms with E-state index in [4.69, 9.17) is 10.8 Å². The SMILES string of the molecule is CC(C)CCCC(C)NC(N)=NCc1ccc(F)c(CO)c1. The largest absolute Gasteiger partial charge is 0.392 e. The first-order valence-electron chi connectivity index (χ1n) is 7.87. The van der Waals surface area contributed by atoms with Crippen molar-refractivity contribution in [3.63, 3.8) is 0 Å². The highest BCUT2D eigenvalue weighted by Crippen LogP contribution is 2.11. The van der Waals surface area contributed by atoms with E-state index >= 15 is 0 Å². The fourth-order valence-corrected chi connectivity index (χ4v) is 2.23. The molecule has 1 unspecified atom stereocenters. The van der Waals surface area contributed by atoms with Crippen molar-refractivity contribution in [1.82, 2.24) is 5.32 Å². The van der Waals surface area contributed by atoms with Gasteiger partial charge in [-0.2, -0.15) is 0 Å². The average Bonchev–Trinajstić information content (AvgIpc) is 2.46. The van der Waals surface area contributed by atoms with Gasteiger partial charge in [0.2, 0.25) is 0 Å². The van der Waals surface area contributed by atoms with Crippen LogP contribution in [0.15, 0.2) is 23.2 Å². The maximum absolute atomic E-state index is 13.3. The van der Waals surface area contributed by atoms with E-state index in [2.05, 4.69) is 31.1 Å². The van der Waals surface area contributed by atoms with Crippen LogP contribution >= 0.6 is 0 Å². The predicted molar refractivity (Wildman–Crippen MR) is 88.9 cm³/mol. The summed E-state index contributed by atoms with van der Waals surface area (Å²) >= 11 is 0. The summed E-state index contributed by atoms with van der Waals surface area (Å²) in [5.74, 6) is 0.712. The summed E-state index contributed by atoms with van der Waals surface area (Å²) in [6.45, 7) is 6.58. The van der Waals surface area contributed by atoms with Crippen molar-refractivity contribution in [2.24, 2.45) is 16.6 Å². The van der Waals surface area contributed by atoms with Gasteiger partial charge in [0.15, 0.2) is 5.96 Å². The van der Waals surface area contributed by atoms with Crippen LogP contribution in [0.25, 0.3) is 0 Å². The minimum Gasteiger partial charge on any atom is -0.392 e. The van der Waals surface area contributed by atoms with E-state index in [9.17, 15) is 4.39 Å². The van der Waals surface area contributed by atoms with Crippen LogP contribution in [-0.2, 0) is 13.2 Å². The van der Waals surface area contributed by atoms with Crippen LogP contribution in [-0.4, -0.2) is 17.1 Å². The van der Waals surface area contributed by atoms with Crippen molar-refractivity contribution in [2.45, 2.75) is 59.2 Å². The monoisotopic (exact) mass is 309 g/mol. The number of guanidine groups is 1. The molecule has 0 fully saturated rings. The molecule has 0 spiro atoms. The Morgan fingerprint density at radius 3 is 2.68 bits per heavy atom. The van der Waals surface area contributed by atoms with Gasteiger partial charge in [-0.3, -0.25) is 0 Å². The fourth-order valence-electron chi connectivity index (χ4n) is 2.23. The first-order chi connectivity index (χ1) is 10.4. The van der Waals surface area contributed by atoms with Gasteiger partial charge in [-0.15, -0.1) is 0 Å². The zero-order chi connectivity index (χ0) is 16.5. The number of nitrogens with two attached hydrogens (primary N) is 1. The Balaban J connectivity index is 2.45. The van der Waals surface area contributed by atoms with Gasteiger partial charge in [0, 0.05) is 11.6 Å². The third-order valence-electron chi connectivity index (χ3n) is 3.53. The number of hydrogen-bond donors (Lipinski definition) is 3. The molecule has 0 aliphatic rings. The van der Waals surface area contributed by atoms with Crippen molar-refractivity contribution in [1.29, 1.82) is 0 Å². The van der Waals surface area contributed by atoms with Gasteiger partial charge in [-0.05, 0) is 37.0 Å². The second kappa shape index (κ2) is 9.41. The number of rotatable bonds is 8.